The molecule has 0 radical (unpaired) electrons. The fraction of sp³-hybridized carbons (Fsp3) is 0.543. The molecule has 39 heavy (non-hydrogen) atoms. The minimum atomic E-state index is -4.34. The van der Waals surface area contributed by atoms with Crippen molar-refractivity contribution in [2.24, 2.45) is 17.8 Å². The Balaban J connectivity index is 1.35. The van der Waals surface area contributed by atoms with Crippen LogP contribution in [0.3, 0.4) is 0 Å². The Morgan fingerprint density at radius 2 is 1.69 bits per heavy atom. The van der Waals surface area contributed by atoms with Gasteiger partial charge in [0.05, 0.1) is 12.2 Å². The zero-order valence-electron chi connectivity index (χ0n) is 23.5. The molecule has 4 aliphatic carbocycles. The minimum Gasteiger partial charge on any atom is -0.493 e. The van der Waals surface area contributed by atoms with Crippen LogP contribution in [0, 0.1) is 17.8 Å². The van der Waals surface area contributed by atoms with Crippen molar-refractivity contribution in [3.05, 3.63) is 82.9 Å². The molecular weight excluding hydrogens is 493 g/mol. The van der Waals surface area contributed by atoms with Gasteiger partial charge in [0.15, 0.2) is 0 Å². The molecule has 0 unspecified atom stereocenters. The van der Waals surface area contributed by atoms with Gasteiger partial charge in [-0.15, -0.1) is 0 Å². The third-order valence-corrected chi connectivity index (χ3v) is 9.33. The molecule has 2 aromatic carbocycles. The second-order valence-corrected chi connectivity index (χ2v) is 12.4. The highest BCUT2D eigenvalue weighted by atomic mass is 19.4. The molecule has 6 rings (SSSR count). The summed E-state index contributed by atoms with van der Waals surface area (Å²) in [5.74, 6) is 3.74. The van der Waals surface area contributed by atoms with Crippen LogP contribution in [0.25, 0.3) is 5.57 Å². The molecule has 1 nitrogen and oxygen atoms in total. The maximum atomic E-state index is 13.3. The zero-order valence-corrected chi connectivity index (χ0v) is 23.5. The fourth-order valence-electron chi connectivity index (χ4n) is 7.99. The van der Waals surface area contributed by atoms with Crippen LogP contribution in [0.5, 0.6) is 5.75 Å². The molecule has 0 saturated heterocycles. The highest BCUT2D eigenvalue weighted by molar-refractivity contribution is 5.74. The highest BCUT2D eigenvalue weighted by Gasteiger charge is 2.52. The normalized spacial score (nSPS) is 26.5. The van der Waals surface area contributed by atoms with E-state index >= 15 is 0 Å². The van der Waals surface area contributed by atoms with E-state index in [9.17, 15) is 13.2 Å². The lowest BCUT2D eigenvalue weighted by atomic mass is 9.48. The first-order valence-corrected chi connectivity index (χ1v) is 15.1. The summed E-state index contributed by atoms with van der Waals surface area (Å²) in [6.07, 6.45) is 14.7. The van der Waals surface area contributed by atoms with Crippen LogP contribution in [-0.2, 0) is 18.0 Å². The van der Waals surface area contributed by atoms with Crippen molar-refractivity contribution in [1.29, 1.82) is 0 Å². The van der Waals surface area contributed by atoms with Crippen LogP contribution < -0.4 is 4.74 Å². The molecule has 0 N–H and O–H groups in total. The first-order chi connectivity index (χ1) is 18.8. The van der Waals surface area contributed by atoms with E-state index in [-0.39, 0.29) is 5.41 Å². The number of unbranched alkanes of at least 4 members (excludes halogenated alkanes) is 2. The number of rotatable bonds is 11. The first kappa shape index (κ1) is 28.1. The largest absolute Gasteiger partial charge is 0.493 e. The molecule has 2 aromatic rings. The zero-order chi connectivity index (χ0) is 27.5. The maximum absolute atomic E-state index is 13.3. The Bertz CT molecular complexity index is 1150. The van der Waals surface area contributed by atoms with Crippen molar-refractivity contribution in [3.8, 4) is 5.75 Å². The van der Waals surface area contributed by atoms with Crippen LogP contribution in [0.4, 0.5) is 13.2 Å². The van der Waals surface area contributed by atoms with E-state index in [2.05, 4.69) is 31.2 Å². The average molecular weight is 537 g/mol. The number of benzene rings is 2. The average Bonchev–Trinajstić information content (AvgIpc) is 2.89. The van der Waals surface area contributed by atoms with E-state index < -0.39 is 11.7 Å². The molecule has 0 heterocycles. The third kappa shape index (κ3) is 6.47. The Morgan fingerprint density at radius 1 is 0.974 bits per heavy atom. The molecule has 4 saturated carbocycles. The van der Waals surface area contributed by atoms with Gasteiger partial charge in [0.25, 0.3) is 0 Å². The van der Waals surface area contributed by atoms with Gasteiger partial charge in [-0.05, 0) is 123 Å². The Morgan fingerprint density at radius 3 is 2.33 bits per heavy atom. The van der Waals surface area contributed by atoms with Crippen molar-refractivity contribution in [2.45, 2.75) is 96.1 Å². The smallest absolute Gasteiger partial charge is 0.416 e. The molecule has 4 heteroatoms. The minimum absolute atomic E-state index is 0.288. The Kier molecular flexibility index (Phi) is 8.59. The van der Waals surface area contributed by atoms with Gasteiger partial charge in [0, 0.05) is 5.56 Å². The summed E-state index contributed by atoms with van der Waals surface area (Å²) in [6, 6.07) is 12.5. The second kappa shape index (κ2) is 11.9. The van der Waals surface area contributed by atoms with Crippen molar-refractivity contribution in [1.82, 2.24) is 0 Å². The lowest BCUT2D eigenvalue weighted by molar-refractivity contribution is -0.137. The van der Waals surface area contributed by atoms with Gasteiger partial charge < -0.3 is 4.74 Å². The summed E-state index contributed by atoms with van der Waals surface area (Å²) in [5.41, 5.74) is 3.77. The first-order valence-electron chi connectivity index (χ1n) is 15.1. The van der Waals surface area contributed by atoms with E-state index in [1.165, 1.54) is 74.6 Å². The standard InChI is InChI=1S/C35H43F3O/c1-3-5-6-16-39-33-20-25(14-15-32(33)34-22-26-17-27(23-34)19-28(18-26)24-34)10-7-11-29(9-4-2)30-12-8-13-31(21-30)35(36,37)38/h4,8-9,11-15,20-21,26-28H,3,5-7,10,16-19,22-24H2,1-2H3/b9-4?,29-11-. The number of halogens is 3. The number of allylic oxidation sites excluding steroid dienone is 4. The quantitative estimate of drug-likeness (QED) is 0.205. The molecular formula is C35H43F3O. The van der Waals surface area contributed by atoms with Crippen molar-refractivity contribution in [2.75, 3.05) is 6.61 Å². The fourth-order valence-corrected chi connectivity index (χ4v) is 7.99. The lowest BCUT2D eigenvalue weighted by Crippen LogP contribution is -2.48. The van der Waals surface area contributed by atoms with Crippen LogP contribution in [0.1, 0.15) is 100 Å². The molecule has 0 aromatic heterocycles. The van der Waals surface area contributed by atoms with Gasteiger partial charge in [0.2, 0.25) is 0 Å². The highest BCUT2D eigenvalue weighted by Crippen LogP contribution is 2.62. The second-order valence-electron chi connectivity index (χ2n) is 12.4. The summed E-state index contributed by atoms with van der Waals surface area (Å²) in [6.45, 7) is 4.88. The molecule has 0 aliphatic heterocycles. The molecule has 0 spiro atoms. The van der Waals surface area contributed by atoms with Gasteiger partial charge >= 0.3 is 6.18 Å². The lowest BCUT2D eigenvalue weighted by Gasteiger charge is -2.57. The van der Waals surface area contributed by atoms with Crippen LogP contribution in [0.15, 0.2) is 60.7 Å². The summed E-state index contributed by atoms with van der Waals surface area (Å²) in [7, 11) is 0. The molecule has 4 bridgehead atoms. The van der Waals surface area contributed by atoms with Crippen LogP contribution in [0.2, 0.25) is 0 Å². The summed E-state index contributed by atoms with van der Waals surface area (Å²) in [4.78, 5) is 0. The number of hydrogen-bond acceptors (Lipinski definition) is 1. The molecule has 210 valence electrons. The SMILES string of the molecule is CC=C/C(=C/CCc1ccc(C23CC4CC(CC(C4)C2)C3)c(OCCCCC)c1)c1cccc(C(F)(F)F)c1. The molecule has 0 atom stereocenters. The van der Waals surface area contributed by atoms with Gasteiger partial charge in [-0.2, -0.15) is 13.2 Å². The maximum Gasteiger partial charge on any atom is 0.416 e. The number of ether oxygens (including phenoxy) is 1. The van der Waals surface area contributed by atoms with Crippen LogP contribution in [-0.4, -0.2) is 6.61 Å². The molecule has 0 amide bonds. The summed E-state index contributed by atoms with van der Waals surface area (Å²) in [5, 5.41) is 0. The summed E-state index contributed by atoms with van der Waals surface area (Å²) < 4.78 is 46.4. The summed E-state index contributed by atoms with van der Waals surface area (Å²) >= 11 is 0. The molecule has 4 aliphatic rings. The van der Waals surface area contributed by atoms with E-state index in [0.29, 0.717) is 5.56 Å². The Hall–Kier alpha value is -2.49. The van der Waals surface area contributed by atoms with Gasteiger partial charge in [-0.25, -0.2) is 0 Å². The topological polar surface area (TPSA) is 9.23 Å². The predicted molar refractivity (Wildman–Crippen MR) is 154 cm³/mol. The van der Waals surface area contributed by atoms with Gasteiger partial charge in [-0.3, -0.25) is 0 Å². The van der Waals surface area contributed by atoms with Gasteiger partial charge in [-0.1, -0.05) is 62.3 Å². The van der Waals surface area contributed by atoms with Crippen molar-refractivity contribution >= 4 is 5.57 Å². The Labute approximate surface area is 232 Å². The number of hydrogen-bond donors (Lipinski definition) is 0. The van der Waals surface area contributed by atoms with Gasteiger partial charge in [0.1, 0.15) is 5.75 Å². The molecule has 4 fully saturated rings. The monoisotopic (exact) mass is 536 g/mol. The van der Waals surface area contributed by atoms with E-state index in [0.717, 1.165) is 61.0 Å². The van der Waals surface area contributed by atoms with Crippen LogP contribution >= 0.6 is 0 Å². The van der Waals surface area contributed by atoms with Crippen molar-refractivity contribution in [3.63, 3.8) is 0 Å². The predicted octanol–water partition coefficient (Wildman–Crippen LogP) is 10.3. The van der Waals surface area contributed by atoms with E-state index in [1.807, 2.05) is 19.1 Å². The van der Waals surface area contributed by atoms with Crippen molar-refractivity contribution < 1.29 is 17.9 Å². The number of alkyl halides is 3. The van der Waals surface area contributed by atoms with E-state index in [4.69, 9.17) is 4.74 Å². The number of aryl methyl sites for hydroxylation is 1. The van der Waals surface area contributed by atoms with E-state index in [1.54, 1.807) is 6.07 Å². The third-order valence-electron chi connectivity index (χ3n) is 9.33.